The molecular weight excluding hydrogens is 420 g/mol. The Hall–Kier alpha value is -3.43. The summed E-state index contributed by atoms with van der Waals surface area (Å²) in [5, 5.41) is 18.9. The predicted octanol–water partition coefficient (Wildman–Crippen LogP) is 2.53. The molecule has 0 aliphatic heterocycles. The molecule has 0 fully saturated rings. The van der Waals surface area contributed by atoms with Gasteiger partial charge in [-0.1, -0.05) is 6.92 Å². The van der Waals surface area contributed by atoms with Gasteiger partial charge in [0.05, 0.1) is 10.8 Å². The van der Waals surface area contributed by atoms with E-state index in [2.05, 4.69) is 43.3 Å². The molecule has 0 saturated carbocycles. The van der Waals surface area contributed by atoms with Gasteiger partial charge >= 0.3 is 5.97 Å². The van der Waals surface area contributed by atoms with E-state index in [1.165, 1.54) is 6.92 Å². The molecule has 0 atom stereocenters. The van der Waals surface area contributed by atoms with Gasteiger partial charge in [0.25, 0.3) is 0 Å². The molecule has 0 aliphatic rings. The second kappa shape index (κ2) is 10.5. The minimum Gasteiger partial charge on any atom is -0.507 e. The first-order valence-electron chi connectivity index (χ1n) is 11.3. The Labute approximate surface area is 192 Å². The molecule has 0 saturated heterocycles. The summed E-state index contributed by atoms with van der Waals surface area (Å²) in [5.74, 6) is 0.449. The third kappa shape index (κ3) is 5.15. The fraction of sp³-hybridized carbons (Fsp3) is 0.375. The summed E-state index contributed by atoms with van der Waals surface area (Å²) in [7, 11) is 0. The SMILES string of the molecule is CCNCCc1cn(CCNCCc2c[nH]c3nccc(OC(C)=O)c23)c2nccc(O)c12. The second-order valence-electron chi connectivity index (χ2n) is 7.92. The number of hydrogen-bond donors (Lipinski definition) is 4. The van der Waals surface area contributed by atoms with E-state index < -0.39 is 0 Å². The van der Waals surface area contributed by atoms with Gasteiger partial charge in [0.15, 0.2) is 0 Å². The summed E-state index contributed by atoms with van der Waals surface area (Å²) in [6.45, 7) is 7.50. The van der Waals surface area contributed by atoms with Gasteiger partial charge in [0, 0.05) is 50.9 Å². The third-order valence-corrected chi connectivity index (χ3v) is 5.61. The quantitative estimate of drug-likeness (QED) is 0.205. The fourth-order valence-corrected chi connectivity index (χ4v) is 4.12. The van der Waals surface area contributed by atoms with Crippen LogP contribution in [0.2, 0.25) is 0 Å². The molecule has 0 bridgehead atoms. The Kier molecular flexibility index (Phi) is 7.21. The average Bonchev–Trinajstić information content (AvgIpc) is 3.36. The van der Waals surface area contributed by atoms with Gasteiger partial charge in [0.1, 0.15) is 22.8 Å². The van der Waals surface area contributed by atoms with Crippen molar-refractivity contribution in [3.8, 4) is 11.5 Å². The average molecular weight is 451 g/mol. The summed E-state index contributed by atoms with van der Waals surface area (Å²) in [6.07, 6.45) is 8.87. The molecule has 0 aliphatic carbocycles. The van der Waals surface area contributed by atoms with Crippen LogP contribution < -0.4 is 15.4 Å². The summed E-state index contributed by atoms with van der Waals surface area (Å²) in [5.41, 5.74) is 3.65. The van der Waals surface area contributed by atoms with Crippen LogP contribution in [0.1, 0.15) is 25.0 Å². The van der Waals surface area contributed by atoms with Crippen LogP contribution in [0.3, 0.4) is 0 Å². The van der Waals surface area contributed by atoms with Crippen LogP contribution in [-0.2, 0) is 24.2 Å². The Morgan fingerprint density at radius 1 is 1.09 bits per heavy atom. The number of aromatic amines is 1. The van der Waals surface area contributed by atoms with Crippen molar-refractivity contribution in [3.05, 3.63) is 48.0 Å². The highest BCUT2D eigenvalue weighted by molar-refractivity contribution is 5.88. The Bertz CT molecular complexity index is 1250. The van der Waals surface area contributed by atoms with Gasteiger partial charge in [-0.25, -0.2) is 9.97 Å². The standard InChI is InChI=1S/C24H30N6O3/c1-3-25-8-5-18-15-30(24-21(18)19(32)6-10-28-24)13-12-26-9-4-17-14-29-23-22(17)20(7-11-27-23)33-16(2)31/h6-7,10-11,14-15,25-26H,3-5,8-9,12-13H2,1-2H3,(H,27,29)(H,28,32). The van der Waals surface area contributed by atoms with E-state index in [1.807, 2.05) is 6.20 Å². The van der Waals surface area contributed by atoms with Gasteiger partial charge in [-0.2, -0.15) is 0 Å². The minimum absolute atomic E-state index is 0.273. The Morgan fingerprint density at radius 2 is 1.88 bits per heavy atom. The summed E-state index contributed by atoms with van der Waals surface area (Å²) in [6, 6.07) is 3.35. The topological polar surface area (TPSA) is 117 Å². The lowest BCUT2D eigenvalue weighted by Gasteiger charge is -2.08. The van der Waals surface area contributed by atoms with Gasteiger partial charge in [-0.05, 0) is 49.7 Å². The molecule has 4 heterocycles. The molecule has 0 aromatic carbocycles. The van der Waals surface area contributed by atoms with Gasteiger partial charge in [-0.3, -0.25) is 4.79 Å². The zero-order valence-electron chi connectivity index (χ0n) is 19.0. The molecular formula is C24H30N6O3. The Morgan fingerprint density at radius 3 is 2.70 bits per heavy atom. The highest BCUT2D eigenvalue weighted by Gasteiger charge is 2.14. The van der Waals surface area contributed by atoms with E-state index in [9.17, 15) is 9.90 Å². The number of carbonyl (C=O) groups excluding carboxylic acids is 1. The zero-order valence-corrected chi connectivity index (χ0v) is 19.0. The first-order chi connectivity index (χ1) is 16.1. The molecule has 9 nitrogen and oxygen atoms in total. The van der Waals surface area contributed by atoms with Crippen molar-refractivity contribution in [2.75, 3.05) is 26.2 Å². The predicted molar refractivity (Wildman–Crippen MR) is 128 cm³/mol. The molecule has 0 spiro atoms. The van der Waals surface area contributed by atoms with Crippen LogP contribution >= 0.6 is 0 Å². The highest BCUT2D eigenvalue weighted by atomic mass is 16.5. The van der Waals surface area contributed by atoms with Crippen LogP contribution in [0.15, 0.2) is 36.9 Å². The number of aromatic nitrogens is 4. The van der Waals surface area contributed by atoms with E-state index in [-0.39, 0.29) is 11.7 Å². The first kappa shape index (κ1) is 22.8. The number of carbonyl (C=O) groups is 1. The number of nitrogens with zero attached hydrogens (tertiary/aromatic N) is 3. The van der Waals surface area contributed by atoms with Crippen LogP contribution in [0.25, 0.3) is 22.1 Å². The van der Waals surface area contributed by atoms with Gasteiger partial charge in [0.2, 0.25) is 0 Å². The maximum atomic E-state index is 11.4. The number of esters is 1. The van der Waals surface area contributed by atoms with E-state index in [1.54, 1.807) is 24.5 Å². The van der Waals surface area contributed by atoms with Crippen molar-refractivity contribution in [3.63, 3.8) is 0 Å². The second-order valence-corrected chi connectivity index (χ2v) is 7.92. The maximum absolute atomic E-state index is 11.4. The molecule has 4 aromatic heterocycles. The van der Waals surface area contributed by atoms with Crippen LogP contribution in [0.5, 0.6) is 11.5 Å². The van der Waals surface area contributed by atoms with E-state index in [4.69, 9.17) is 4.74 Å². The van der Waals surface area contributed by atoms with E-state index >= 15 is 0 Å². The number of hydrogen-bond acceptors (Lipinski definition) is 7. The molecule has 33 heavy (non-hydrogen) atoms. The minimum atomic E-state index is -0.351. The smallest absolute Gasteiger partial charge is 0.308 e. The number of H-pyrrole nitrogens is 1. The van der Waals surface area contributed by atoms with Crippen molar-refractivity contribution in [2.45, 2.75) is 33.2 Å². The molecule has 0 radical (unpaired) electrons. The summed E-state index contributed by atoms with van der Waals surface area (Å²) < 4.78 is 7.44. The van der Waals surface area contributed by atoms with Crippen molar-refractivity contribution in [1.29, 1.82) is 0 Å². The van der Waals surface area contributed by atoms with E-state index in [0.29, 0.717) is 11.4 Å². The Balaban J connectivity index is 1.38. The number of aromatic hydroxyl groups is 1. The zero-order chi connectivity index (χ0) is 23.2. The van der Waals surface area contributed by atoms with E-state index in [0.717, 1.165) is 73.1 Å². The van der Waals surface area contributed by atoms with Gasteiger partial charge in [-0.15, -0.1) is 0 Å². The number of fused-ring (bicyclic) bond motifs is 2. The lowest BCUT2D eigenvalue weighted by Crippen LogP contribution is -2.22. The number of pyridine rings is 2. The number of rotatable bonds is 11. The molecule has 9 heteroatoms. The summed E-state index contributed by atoms with van der Waals surface area (Å²) >= 11 is 0. The lowest BCUT2D eigenvalue weighted by atomic mass is 10.1. The van der Waals surface area contributed by atoms with Crippen LogP contribution in [0.4, 0.5) is 0 Å². The van der Waals surface area contributed by atoms with Crippen molar-refractivity contribution >= 4 is 28.0 Å². The van der Waals surface area contributed by atoms with Crippen LogP contribution in [-0.4, -0.2) is 56.8 Å². The molecule has 0 unspecified atom stereocenters. The number of nitrogens with one attached hydrogen (secondary N) is 3. The molecule has 4 N–H and O–H groups in total. The molecule has 174 valence electrons. The molecule has 0 amide bonds. The maximum Gasteiger partial charge on any atom is 0.308 e. The normalized spacial score (nSPS) is 11.5. The third-order valence-electron chi connectivity index (χ3n) is 5.61. The lowest BCUT2D eigenvalue weighted by molar-refractivity contribution is -0.131. The molecule has 4 rings (SSSR count). The fourth-order valence-electron chi connectivity index (χ4n) is 4.12. The molecule has 4 aromatic rings. The summed E-state index contributed by atoms with van der Waals surface area (Å²) in [4.78, 5) is 23.4. The van der Waals surface area contributed by atoms with Gasteiger partial charge < -0.3 is 30.0 Å². The first-order valence-corrected chi connectivity index (χ1v) is 11.3. The largest absolute Gasteiger partial charge is 0.507 e. The van der Waals surface area contributed by atoms with Crippen molar-refractivity contribution in [2.24, 2.45) is 0 Å². The highest BCUT2D eigenvalue weighted by Crippen LogP contribution is 2.29. The monoisotopic (exact) mass is 450 g/mol. The number of ether oxygens (including phenoxy) is 1. The van der Waals surface area contributed by atoms with Crippen molar-refractivity contribution in [1.82, 2.24) is 30.2 Å². The number of likely N-dealkylation sites (N-methyl/N-ethyl adjacent to an activating group) is 1. The van der Waals surface area contributed by atoms with Crippen molar-refractivity contribution < 1.29 is 14.6 Å². The van der Waals surface area contributed by atoms with Crippen LogP contribution in [0, 0.1) is 0 Å².